The summed E-state index contributed by atoms with van der Waals surface area (Å²) in [7, 11) is 17.0. The average Bonchev–Trinajstić information content (AvgIpc) is 3.14. The van der Waals surface area contributed by atoms with Crippen LogP contribution in [0.4, 0.5) is 0 Å². The Morgan fingerprint density at radius 2 is 1.86 bits per heavy atom. The van der Waals surface area contributed by atoms with Crippen molar-refractivity contribution in [1.29, 1.82) is 0 Å². The van der Waals surface area contributed by atoms with Crippen LogP contribution < -0.4 is 4.74 Å². The Bertz CT molecular complexity index is 687. The first-order valence-electron chi connectivity index (χ1n) is 7.77. The summed E-state index contributed by atoms with van der Waals surface area (Å²) in [6, 6.07) is 8.13. The van der Waals surface area contributed by atoms with Crippen LogP contribution in [0.5, 0.6) is 5.75 Å². The Morgan fingerprint density at radius 3 is 2.45 bits per heavy atom. The minimum absolute atomic E-state index is 0.398. The molecule has 0 saturated heterocycles. The van der Waals surface area contributed by atoms with E-state index in [2.05, 4.69) is 6.07 Å². The van der Waals surface area contributed by atoms with Crippen molar-refractivity contribution in [2.75, 3.05) is 14.1 Å². The summed E-state index contributed by atoms with van der Waals surface area (Å²) < 4.78 is 7.80. The second-order valence-electron chi connectivity index (χ2n) is 7.00. The van der Waals surface area contributed by atoms with Gasteiger partial charge in [-0.2, -0.15) is 0 Å². The minimum Gasteiger partial charge on any atom is -0.490 e. The van der Waals surface area contributed by atoms with E-state index in [1.54, 1.807) is 0 Å². The molecule has 0 unspecified atom stereocenters. The van der Waals surface area contributed by atoms with E-state index in [-0.39, 0.29) is 0 Å². The summed E-state index contributed by atoms with van der Waals surface area (Å²) in [6.07, 6.45) is 4.67. The molecule has 0 amide bonds. The second kappa shape index (κ2) is 5.09. The third kappa shape index (κ3) is 2.45. The molecule has 1 aliphatic carbocycles. The number of rotatable bonds is 5. The van der Waals surface area contributed by atoms with Gasteiger partial charge < -0.3 is 14.2 Å². The van der Waals surface area contributed by atoms with Gasteiger partial charge in [0.15, 0.2) is 0 Å². The molecule has 1 aromatic carbocycles. The van der Waals surface area contributed by atoms with E-state index in [9.17, 15) is 0 Å². The third-order valence-electron chi connectivity index (χ3n) is 4.99. The van der Waals surface area contributed by atoms with Gasteiger partial charge in [0, 0.05) is 22.6 Å². The van der Waals surface area contributed by atoms with Crippen molar-refractivity contribution >= 4 is 26.6 Å². The van der Waals surface area contributed by atoms with Crippen molar-refractivity contribution in [2.45, 2.75) is 43.7 Å². The molecule has 0 atom stereocenters. The van der Waals surface area contributed by atoms with Crippen molar-refractivity contribution in [3.8, 4) is 5.75 Å². The first-order chi connectivity index (χ1) is 10.2. The number of benzene rings is 1. The molecule has 0 aliphatic heterocycles. The fourth-order valence-corrected chi connectivity index (χ4v) is 2.55. The topological polar surface area (TPSA) is 17.4 Å². The highest BCUT2D eigenvalue weighted by Crippen LogP contribution is 2.34. The van der Waals surface area contributed by atoms with E-state index in [0.29, 0.717) is 6.10 Å². The highest BCUT2D eigenvalue weighted by atomic mass is 16.5. The predicted molar refractivity (Wildman–Crippen MR) is 92.8 cm³/mol. The van der Waals surface area contributed by atoms with Crippen LogP contribution in [0.15, 0.2) is 30.5 Å². The number of aromatic nitrogens is 1. The molecule has 1 fully saturated rings. The fourth-order valence-electron chi connectivity index (χ4n) is 2.55. The van der Waals surface area contributed by atoms with Gasteiger partial charge in [-0.25, -0.2) is 0 Å². The van der Waals surface area contributed by atoms with Crippen LogP contribution in [0.25, 0.3) is 10.9 Å². The summed E-state index contributed by atoms with van der Waals surface area (Å²) >= 11 is 0. The highest BCUT2D eigenvalue weighted by molar-refractivity contribution is 6.39. The molecule has 0 spiro atoms. The van der Waals surface area contributed by atoms with Gasteiger partial charge >= 0.3 is 0 Å². The zero-order valence-corrected chi connectivity index (χ0v) is 13.8. The first kappa shape index (κ1) is 15.5. The average molecular weight is 292 g/mol. The van der Waals surface area contributed by atoms with Gasteiger partial charge in [-0.05, 0) is 70.4 Å². The van der Waals surface area contributed by atoms with Crippen LogP contribution >= 0.6 is 0 Å². The van der Waals surface area contributed by atoms with Crippen LogP contribution in [-0.2, 0) is 5.34 Å². The standard InChI is InChI=1S/C17H22B2N2O/c1-16(2,20(3)4)17(18,19)21-10-9-12-11-14(7-8-15(12)21)22-13-5-6-13/h7-11,13H,5-6H2,1-4H3. The Morgan fingerprint density at radius 1 is 1.18 bits per heavy atom. The quantitative estimate of drug-likeness (QED) is 0.788. The van der Waals surface area contributed by atoms with Crippen LogP contribution in [0, 0.1) is 0 Å². The van der Waals surface area contributed by atoms with Crippen molar-refractivity contribution in [1.82, 2.24) is 9.47 Å². The number of nitrogens with zero attached hydrogens (tertiary/aromatic N) is 2. The van der Waals surface area contributed by atoms with Gasteiger partial charge in [0.2, 0.25) is 0 Å². The molecule has 5 heteroatoms. The molecule has 1 aliphatic rings. The molecule has 3 nitrogen and oxygen atoms in total. The minimum atomic E-state index is -1.03. The molecule has 0 N–H and O–H groups in total. The van der Waals surface area contributed by atoms with Gasteiger partial charge in [-0.1, -0.05) is 0 Å². The fraction of sp³-hybridized carbons (Fsp3) is 0.529. The lowest BCUT2D eigenvalue weighted by Gasteiger charge is -2.49. The lowest BCUT2D eigenvalue weighted by Crippen LogP contribution is -2.60. The van der Waals surface area contributed by atoms with E-state index >= 15 is 0 Å². The smallest absolute Gasteiger partial charge is 0.120 e. The Labute approximate surface area is 135 Å². The summed E-state index contributed by atoms with van der Waals surface area (Å²) in [5.74, 6) is 0.916. The van der Waals surface area contributed by atoms with E-state index < -0.39 is 10.9 Å². The monoisotopic (exact) mass is 292 g/mol. The van der Waals surface area contributed by atoms with E-state index in [1.165, 1.54) is 0 Å². The maximum atomic E-state index is 6.52. The molecule has 3 rings (SSSR count). The zero-order chi connectivity index (χ0) is 16.1. The Hall–Kier alpha value is -1.35. The summed E-state index contributed by atoms with van der Waals surface area (Å²) in [5, 5.41) is 0.0601. The van der Waals surface area contributed by atoms with Gasteiger partial charge in [-0.3, -0.25) is 0 Å². The van der Waals surface area contributed by atoms with E-state index in [4.69, 9.17) is 20.4 Å². The number of likely N-dealkylation sites (N-methyl/N-ethyl adjacent to an activating group) is 1. The molecule has 1 heterocycles. The second-order valence-corrected chi connectivity index (χ2v) is 7.00. The number of hydrogen-bond donors (Lipinski definition) is 0. The first-order valence-corrected chi connectivity index (χ1v) is 7.77. The molecular weight excluding hydrogens is 270 g/mol. The van der Waals surface area contributed by atoms with Gasteiger partial charge in [-0.15, -0.1) is 0 Å². The Kier molecular flexibility index (Phi) is 3.59. The lowest BCUT2D eigenvalue weighted by molar-refractivity contribution is 0.141. The van der Waals surface area contributed by atoms with Crippen LogP contribution in [0.2, 0.25) is 0 Å². The molecule has 1 aromatic heterocycles. The lowest BCUT2D eigenvalue weighted by atomic mass is 9.51. The molecule has 4 radical (unpaired) electrons. The maximum absolute atomic E-state index is 6.52. The third-order valence-corrected chi connectivity index (χ3v) is 4.99. The van der Waals surface area contributed by atoms with Crippen molar-refractivity contribution in [2.24, 2.45) is 0 Å². The van der Waals surface area contributed by atoms with Crippen LogP contribution in [0.3, 0.4) is 0 Å². The SMILES string of the molecule is [B]C([B])(n1ccc2cc(OC3CC3)ccc21)C(C)(C)N(C)C. The molecule has 22 heavy (non-hydrogen) atoms. The number of ether oxygens (including phenoxy) is 1. The summed E-state index contributed by atoms with van der Waals surface area (Å²) in [5.41, 5.74) is 0.602. The van der Waals surface area contributed by atoms with Gasteiger partial charge in [0.05, 0.1) is 21.8 Å². The normalized spacial score (nSPS) is 16.4. The summed E-state index contributed by atoms with van der Waals surface area (Å²) in [6.45, 7) is 4.09. The van der Waals surface area contributed by atoms with Crippen molar-refractivity contribution < 1.29 is 4.74 Å². The number of hydrogen-bond acceptors (Lipinski definition) is 2. The predicted octanol–water partition coefficient (Wildman–Crippen LogP) is 2.47. The molecule has 2 aromatic rings. The number of fused-ring (bicyclic) bond motifs is 1. The van der Waals surface area contributed by atoms with Crippen molar-refractivity contribution in [3.05, 3.63) is 30.5 Å². The van der Waals surface area contributed by atoms with Crippen molar-refractivity contribution in [3.63, 3.8) is 0 Å². The van der Waals surface area contributed by atoms with E-state index in [0.717, 1.165) is 29.5 Å². The summed E-state index contributed by atoms with van der Waals surface area (Å²) in [4.78, 5) is 2.05. The molecule has 1 saturated carbocycles. The molecular formula is C17H22B2N2O. The highest BCUT2D eigenvalue weighted by Gasteiger charge is 2.39. The van der Waals surface area contributed by atoms with E-state index in [1.807, 2.05) is 61.8 Å². The zero-order valence-electron chi connectivity index (χ0n) is 13.8. The molecule has 0 bridgehead atoms. The molecule has 112 valence electrons. The van der Waals surface area contributed by atoms with Crippen LogP contribution in [-0.4, -0.2) is 50.9 Å². The Balaban J connectivity index is 2.00. The largest absolute Gasteiger partial charge is 0.490 e. The van der Waals surface area contributed by atoms with Gasteiger partial charge in [0.25, 0.3) is 0 Å². The van der Waals surface area contributed by atoms with Crippen LogP contribution in [0.1, 0.15) is 26.7 Å². The van der Waals surface area contributed by atoms with Gasteiger partial charge in [0.1, 0.15) is 5.75 Å². The maximum Gasteiger partial charge on any atom is 0.120 e.